The molecule has 0 unspecified atom stereocenters. The van der Waals surface area contributed by atoms with E-state index in [4.69, 9.17) is 0 Å². The van der Waals surface area contributed by atoms with Crippen molar-refractivity contribution in [2.24, 2.45) is 7.05 Å². The molecule has 0 radical (unpaired) electrons. The highest BCUT2D eigenvalue weighted by molar-refractivity contribution is 9.10. The van der Waals surface area contributed by atoms with Crippen LogP contribution < -0.4 is 0 Å². The van der Waals surface area contributed by atoms with E-state index in [0.29, 0.717) is 15.0 Å². The number of rotatable bonds is 2. The summed E-state index contributed by atoms with van der Waals surface area (Å²) < 4.78 is 2.27. The summed E-state index contributed by atoms with van der Waals surface area (Å²) in [5, 5.41) is 4.01. The molecule has 0 bridgehead atoms. The maximum atomic E-state index is 12.1. The molecule has 4 nitrogen and oxygen atoms in total. The Bertz CT molecular complexity index is 498. The zero-order chi connectivity index (χ0) is 11.0. The van der Waals surface area contributed by atoms with Crippen LogP contribution in [0.25, 0.3) is 0 Å². The monoisotopic (exact) mass is 285 g/mol. The molecular weight excluding hydrogens is 278 g/mol. The summed E-state index contributed by atoms with van der Waals surface area (Å²) in [6, 6.07) is 0. The van der Waals surface area contributed by atoms with E-state index in [1.165, 1.54) is 11.3 Å². The van der Waals surface area contributed by atoms with Crippen LogP contribution in [-0.2, 0) is 7.05 Å². The molecule has 0 atom stereocenters. The molecule has 15 heavy (non-hydrogen) atoms. The number of hydrogen-bond donors (Lipinski definition) is 0. The Morgan fingerprint density at radius 3 is 2.80 bits per heavy atom. The lowest BCUT2D eigenvalue weighted by Crippen LogP contribution is -2.08. The van der Waals surface area contributed by atoms with Gasteiger partial charge in [0.15, 0.2) is 0 Å². The summed E-state index contributed by atoms with van der Waals surface area (Å²) in [7, 11) is 1.74. The van der Waals surface area contributed by atoms with Crippen LogP contribution in [0.1, 0.15) is 21.1 Å². The fraction of sp³-hybridized carbons (Fsp3) is 0.222. The SMILES string of the molecule is Cc1ncsc1C(=O)c1c(Br)cnn1C. The van der Waals surface area contributed by atoms with Crippen molar-refractivity contribution in [2.45, 2.75) is 6.92 Å². The van der Waals surface area contributed by atoms with Gasteiger partial charge in [-0.05, 0) is 22.9 Å². The molecule has 0 spiro atoms. The highest BCUT2D eigenvalue weighted by Gasteiger charge is 2.20. The van der Waals surface area contributed by atoms with Crippen molar-refractivity contribution < 1.29 is 4.79 Å². The number of ketones is 1. The summed E-state index contributed by atoms with van der Waals surface area (Å²) in [6.07, 6.45) is 1.61. The molecule has 0 amide bonds. The second kappa shape index (κ2) is 3.86. The number of halogens is 1. The van der Waals surface area contributed by atoms with Crippen LogP contribution >= 0.6 is 27.3 Å². The number of aromatic nitrogens is 3. The first-order valence-corrected chi connectivity index (χ1v) is 5.91. The van der Waals surface area contributed by atoms with E-state index >= 15 is 0 Å². The van der Waals surface area contributed by atoms with Gasteiger partial charge in [0, 0.05) is 7.05 Å². The van der Waals surface area contributed by atoms with Gasteiger partial charge < -0.3 is 0 Å². The van der Waals surface area contributed by atoms with Crippen molar-refractivity contribution in [3.05, 3.63) is 32.4 Å². The van der Waals surface area contributed by atoms with Gasteiger partial charge in [-0.25, -0.2) is 4.98 Å². The lowest BCUT2D eigenvalue weighted by Gasteiger charge is -2.00. The summed E-state index contributed by atoms with van der Waals surface area (Å²) in [5.41, 5.74) is 2.99. The third-order valence-corrected chi connectivity index (χ3v) is 3.57. The van der Waals surface area contributed by atoms with Crippen LogP contribution in [0.4, 0.5) is 0 Å². The molecule has 0 aliphatic heterocycles. The quantitative estimate of drug-likeness (QED) is 0.795. The Morgan fingerprint density at radius 1 is 1.60 bits per heavy atom. The fourth-order valence-corrected chi connectivity index (χ4v) is 2.56. The van der Waals surface area contributed by atoms with Crippen molar-refractivity contribution in [1.29, 1.82) is 0 Å². The molecular formula is C9H8BrN3OS. The summed E-state index contributed by atoms with van der Waals surface area (Å²) >= 11 is 4.66. The van der Waals surface area contributed by atoms with Crippen molar-refractivity contribution in [3.63, 3.8) is 0 Å². The molecule has 2 rings (SSSR count). The van der Waals surface area contributed by atoms with Crippen molar-refractivity contribution in [2.75, 3.05) is 0 Å². The van der Waals surface area contributed by atoms with E-state index in [1.54, 1.807) is 23.4 Å². The molecule has 2 heterocycles. The standard InChI is InChI=1S/C9H8BrN3OS/c1-5-9(15-4-11-5)8(14)7-6(10)3-12-13(7)2/h3-4H,1-2H3. The summed E-state index contributed by atoms with van der Waals surface area (Å²) in [6.45, 7) is 1.83. The Labute approximate surface area is 99.1 Å². The van der Waals surface area contributed by atoms with E-state index in [0.717, 1.165) is 5.69 Å². The first kappa shape index (κ1) is 10.5. The van der Waals surface area contributed by atoms with Gasteiger partial charge in [-0.2, -0.15) is 5.10 Å². The molecule has 0 fully saturated rings. The Balaban J connectivity index is 2.50. The van der Waals surface area contributed by atoms with E-state index in [2.05, 4.69) is 26.0 Å². The average Bonchev–Trinajstić information content (AvgIpc) is 2.73. The van der Waals surface area contributed by atoms with Crippen molar-refractivity contribution in [1.82, 2.24) is 14.8 Å². The topological polar surface area (TPSA) is 47.8 Å². The molecule has 2 aromatic rings. The van der Waals surface area contributed by atoms with E-state index in [-0.39, 0.29) is 5.78 Å². The van der Waals surface area contributed by atoms with Gasteiger partial charge >= 0.3 is 0 Å². The number of carbonyl (C=O) groups excluding carboxylic acids is 1. The van der Waals surface area contributed by atoms with Crippen LogP contribution in [-0.4, -0.2) is 20.5 Å². The van der Waals surface area contributed by atoms with Gasteiger partial charge in [-0.15, -0.1) is 11.3 Å². The van der Waals surface area contributed by atoms with Gasteiger partial charge in [0.25, 0.3) is 0 Å². The maximum absolute atomic E-state index is 12.1. The highest BCUT2D eigenvalue weighted by Crippen LogP contribution is 2.22. The lowest BCUT2D eigenvalue weighted by molar-refractivity contribution is 0.103. The van der Waals surface area contributed by atoms with Crippen molar-refractivity contribution >= 4 is 33.0 Å². The van der Waals surface area contributed by atoms with E-state index in [1.807, 2.05) is 6.92 Å². The first-order valence-electron chi connectivity index (χ1n) is 4.23. The lowest BCUT2D eigenvalue weighted by atomic mass is 10.2. The normalized spacial score (nSPS) is 10.6. The second-order valence-electron chi connectivity index (χ2n) is 3.06. The van der Waals surface area contributed by atoms with Crippen LogP contribution in [0, 0.1) is 6.92 Å². The smallest absolute Gasteiger partial charge is 0.223 e. The second-order valence-corrected chi connectivity index (χ2v) is 4.77. The van der Waals surface area contributed by atoms with E-state index < -0.39 is 0 Å². The molecule has 0 N–H and O–H groups in total. The molecule has 78 valence electrons. The number of carbonyl (C=O) groups is 1. The maximum Gasteiger partial charge on any atom is 0.223 e. The molecule has 0 saturated carbocycles. The number of nitrogens with zero attached hydrogens (tertiary/aromatic N) is 3. The van der Waals surface area contributed by atoms with E-state index in [9.17, 15) is 4.79 Å². The van der Waals surface area contributed by atoms with Gasteiger partial charge in [-0.3, -0.25) is 9.48 Å². The average molecular weight is 286 g/mol. The number of hydrogen-bond acceptors (Lipinski definition) is 4. The predicted molar refractivity (Wildman–Crippen MR) is 61.2 cm³/mol. The van der Waals surface area contributed by atoms with Crippen LogP contribution in [0.5, 0.6) is 0 Å². The highest BCUT2D eigenvalue weighted by atomic mass is 79.9. The van der Waals surface area contributed by atoms with Gasteiger partial charge in [0.1, 0.15) is 5.69 Å². The first-order chi connectivity index (χ1) is 7.11. The Hall–Kier alpha value is -1.01. The number of thiazole rings is 1. The third kappa shape index (κ3) is 1.74. The van der Waals surface area contributed by atoms with Crippen LogP contribution in [0.2, 0.25) is 0 Å². The minimum atomic E-state index is -0.0399. The Morgan fingerprint density at radius 2 is 2.33 bits per heavy atom. The Kier molecular flexibility index (Phi) is 2.70. The molecule has 0 aliphatic rings. The third-order valence-electron chi connectivity index (χ3n) is 2.06. The minimum Gasteiger partial charge on any atom is -0.286 e. The molecule has 0 aliphatic carbocycles. The largest absolute Gasteiger partial charge is 0.286 e. The molecule has 6 heteroatoms. The predicted octanol–water partition coefficient (Wildman–Crippen LogP) is 2.18. The zero-order valence-electron chi connectivity index (χ0n) is 8.19. The summed E-state index contributed by atoms with van der Waals surface area (Å²) in [4.78, 5) is 16.8. The number of aryl methyl sites for hydroxylation is 2. The zero-order valence-corrected chi connectivity index (χ0v) is 10.6. The molecule has 0 aromatic carbocycles. The van der Waals surface area contributed by atoms with Crippen LogP contribution in [0.15, 0.2) is 16.2 Å². The van der Waals surface area contributed by atoms with Gasteiger partial charge in [0.05, 0.1) is 26.8 Å². The summed E-state index contributed by atoms with van der Waals surface area (Å²) in [5.74, 6) is -0.0399. The van der Waals surface area contributed by atoms with Crippen molar-refractivity contribution in [3.8, 4) is 0 Å². The fourth-order valence-electron chi connectivity index (χ4n) is 1.29. The minimum absolute atomic E-state index is 0.0399. The van der Waals surface area contributed by atoms with Gasteiger partial charge in [-0.1, -0.05) is 0 Å². The molecule has 2 aromatic heterocycles. The van der Waals surface area contributed by atoms with Crippen LogP contribution in [0.3, 0.4) is 0 Å². The molecule has 0 saturated heterocycles. The van der Waals surface area contributed by atoms with Gasteiger partial charge in [0.2, 0.25) is 5.78 Å².